The van der Waals surface area contributed by atoms with E-state index in [1.54, 1.807) is 0 Å². The highest BCUT2D eigenvalue weighted by Gasteiger charge is 2.24. The average Bonchev–Trinajstić information content (AvgIpc) is 2.20. The Morgan fingerprint density at radius 2 is 1.85 bits per heavy atom. The van der Waals surface area contributed by atoms with Crippen molar-refractivity contribution in [3.8, 4) is 0 Å². The summed E-state index contributed by atoms with van der Waals surface area (Å²) < 4.78 is 0. The third-order valence-corrected chi connectivity index (χ3v) is 2.78. The molecule has 1 fully saturated rings. The number of hydrogen-bond acceptors (Lipinski definition) is 1. The van der Waals surface area contributed by atoms with Crippen LogP contribution >= 0.6 is 0 Å². The number of aliphatic hydroxyl groups is 1. The van der Waals surface area contributed by atoms with Gasteiger partial charge in [0.15, 0.2) is 0 Å². The molecule has 1 aliphatic carbocycles. The molecule has 1 aromatic carbocycles. The minimum absolute atomic E-state index is 0.301. The van der Waals surface area contributed by atoms with Gasteiger partial charge in [-0.1, -0.05) is 43.2 Å². The lowest BCUT2D eigenvalue weighted by molar-refractivity contribution is 0.214. The molecule has 1 nitrogen and oxygen atoms in total. The van der Waals surface area contributed by atoms with Gasteiger partial charge in [-0.05, 0) is 18.4 Å². The maximum absolute atomic E-state index is 9.74. The maximum atomic E-state index is 9.74. The molecule has 0 heterocycles. The zero-order chi connectivity index (χ0) is 9.10. The van der Waals surface area contributed by atoms with Crippen LogP contribution < -0.4 is 0 Å². The fraction of sp³-hybridized carbons (Fsp3) is 0.417. The first-order valence-electron chi connectivity index (χ1n) is 4.97. The maximum Gasteiger partial charge on any atom is 0.101 e. The molecule has 0 saturated heterocycles. The first kappa shape index (κ1) is 8.76. The van der Waals surface area contributed by atoms with Crippen LogP contribution in [0.15, 0.2) is 30.3 Å². The normalized spacial score (nSPS) is 24.5. The molecule has 1 heteroatoms. The standard InChI is InChI=1S/C12H15O/c13-12-9-5-4-8-11(12)10-6-2-1-3-7-10/h1-3,6-7,11,13H,4-5,8-9H2. The summed E-state index contributed by atoms with van der Waals surface area (Å²) >= 11 is 0. The molecule has 1 aromatic rings. The van der Waals surface area contributed by atoms with E-state index in [1.165, 1.54) is 12.0 Å². The minimum Gasteiger partial charge on any atom is -0.386 e. The van der Waals surface area contributed by atoms with Crippen molar-refractivity contribution < 1.29 is 5.11 Å². The van der Waals surface area contributed by atoms with Crippen molar-refractivity contribution in [2.24, 2.45) is 0 Å². The van der Waals surface area contributed by atoms with E-state index in [2.05, 4.69) is 12.1 Å². The van der Waals surface area contributed by atoms with E-state index in [-0.39, 0.29) is 0 Å². The first-order chi connectivity index (χ1) is 6.38. The summed E-state index contributed by atoms with van der Waals surface area (Å²) in [6.07, 6.45) is 5.06. The van der Waals surface area contributed by atoms with E-state index in [0.29, 0.717) is 12.0 Å². The summed E-state index contributed by atoms with van der Waals surface area (Å²) in [4.78, 5) is 0. The average molecular weight is 175 g/mol. The van der Waals surface area contributed by atoms with Gasteiger partial charge in [-0.25, -0.2) is 0 Å². The van der Waals surface area contributed by atoms with Gasteiger partial charge in [0.1, 0.15) is 6.10 Å². The monoisotopic (exact) mass is 175 g/mol. The zero-order valence-electron chi connectivity index (χ0n) is 7.74. The Kier molecular flexibility index (Phi) is 2.65. The number of aliphatic hydroxyl groups excluding tert-OH is 1. The molecule has 1 unspecified atom stereocenters. The molecule has 0 aliphatic heterocycles. The van der Waals surface area contributed by atoms with E-state index in [9.17, 15) is 5.11 Å². The lowest BCUT2D eigenvalue weighted by Crippen LogP contribution is -2.14. The van der Waals surface area contributed by atoms with Crippen LogP contribution in [0.25, 0.3) is 0 Å². The third-order valence-electron chi connectivity index (χ3n) is 2.78. The van der Waals surface area contributed by atoms with Crippen LogP contribution in [0.3, 0.4) is 0 Å². The molecule has 1 aliphatic rings. The van der Waals surface area contributed by atoms with Gasteiger partial charge in [-0.2, -0.15) is 0 Å². The molecule has 0 amide bonds. The van der Waals surface area contributed by atoms with Crippen LogP contribution in [0.5, 0.6) is 0 Å². The molecule has 13 heavy (non-hydrogen) atoms. The Bertz CT molecular complexity index is 255. The van der Waals surface area contributed by atoms with Crippen molar-refractivity contribution in [1.82, 2.24) is 0 Å². The molecule has 0 spiro atoms. The third kappa shape index (κ3) is 1.92. The minimum atomic E-state index is 0.301. The van der Waals surface area contributed by atoms with Crippen LogP contribution in [0.2, 0.25) is 0 Å². The van der Waals surface area contributed by atoms with Crippen LogP contribution in [0.1, 0.15) is 37.2 Å². The fourth-order valence-corrected chi connectivity index (χ4v) is 2.04. The Labute approximate surface area is 79.4 Å². The van der Waals surface area contributed by atoms with Gasteiger partial charge in [0.05, 0.1) is 0 Å². The van der Waals surface area contributed by atoms with Gasteiger partial charge in [0.2, 0.25) is 0 Å². The first-order valence-corrected chi connectivity index (χ1v) is 4.97. The summed E-state index contributed by atoms with van der Waals surface area (Å²) in [5.74, 6) is 0.301. The van der Waals surface area contributed by atoms with Gasteiger partial charge in [0, 0.05) is 5.92 Å². The lowest BCUT2D eigenvalue weighted by atomic mass is 9.82. The van der Waals surface area contributed by atoms with E-state index in [0.717, 1.165) is 19.3 Å². The number of hydrogen-bond donors (Lipinski definition) is 1. The summed E-state index contributed by atoms with van der Waals surface area (Å²) in [5.41, 5.74) is 1.26. The highest BCUT2D eigenvalue weighted by molar-refractivity contribution is 5.24. The van der Waals surface area contributed by atoms with Crippen LogP contribution in [0, 0.1) is 6.10 Å². The highest BCUT2D eigenvalue weighted by atomic mass is 16.3. The van der Waals surface area contributed by atoms with E-state index in [4.69, 9.17) is 0 Å². The van der Waals surface area contributed by atoms with Gasteiger partial charge in [-0.15, -0.1) is 0 Å². The SMILES string of the molecule is O[C]1CCCCC1c1ccccc1. The molecule has 1 radical (unpaired) electrons. The van der Waals surface area contributed by atoms with Crippen molar-refractivity contribution in [1.29, 1.82) is 0 Å². The largest absolute Gasteiger partial charge is 0.386 e. The Balaban J connectivity index is 2.15. The van der Waals surface area contributed by atoms with Gasteiger partial charge >= 0.3 is 0 Å². The van der Waals surface area contributed by atoms with Crippen molar-refractivity contribution in [2.45, 2.75) is 31.6 Å². The second kappa shape index (κ2) is 3.93. The zero-order valence-corrected chi connectivity index (χ0v) is 7.74. The molecule has 0 aromatic heterocycles. The Hall–Kier alpha value is -0.820. The summed E-state index contributed by atoms with van der Waals surface area (Å²) in [7, 11) is 0. The molecule has 69 valence electrons. The molecule has 1 atom stereocenters. The summed E-state index contributed by atoms with van der Waals surface area (Å²) in [6.45, 7) is 0. The summed E-state index contributed by atoms with van der Waals surface area (Å²) in [5, 5.41) is 9.74. The second-order valence-corrected chi connectivity index (χ2v) is 3.70. The molecule has 0 bridgehead atoms. The fourth-order valence-electron chi connectivity index (χ4n) is 2.04. The summed E-state index contributed by atoms with van der Waals surface area (Å²) in [6, 6.07) is 10.3. The van der Waals surface area contributed by atoms with Crippen LogP contribution in [-0.2, 0) is 0 Å². The van der Waals surface area contributed by atoms with Gasteiger partial charge in [0.25, 0.3) is 0 Å². The van der Waals surface area contributed by atoms with Crippen molar-refractivity contribution in [3.63, 3.8) is 0 Å². The van der Waals surface area contributed by atoms with Crippen LogP contribution in [0.4, 0.5) is 0 Å². The highest BCUT2D eigenvalue weighted by Crippen LogP contribution is 2.37. The number of benzene rings is 1. The van der Waals surface area contributed by atoms with Crippen LogP contribution in [-0.4, -0.2) is 5.11 Å². The molecule has 1 saturated carbocycles. The van der Waals surface area contributed by atoms with E-state index in [1.807, 2.05) is 18.2 Å². The quantitative estimate of drug-likeness (QED) is 0.694. The van der Waals surface area contributed by atoms with Crippen molar-refractivity contribution >= 4 is 0 Å². The lowest BCUT2D eigenvalue weighted by Gasteiger charge is -2.26. The predicted molar refractivity (Wildman–Crippen MR) is 52.8 cm³/mol. The van der Waals surface area contributed by atoms with E-state index >= 15 is 0 Å². The smallest absolute Gasteiger partial charge is 0.101 e. The molecule has 1 N–H and O–H groups in total. The molecule has 2 rings (SSSR count). The van der Waals surface area contributed by atoms with Crippen molar-refractivity contribution in [3.05, 3.63) is 42.0 Å². The molecular weight excluding hydrogens is 160 g/mol. The number of rotatable bonds is 1. The van der Waals surface area contributed by atoms with E-state index < -0.39 is 0 Å². The second-order valence-electron chi connectivity index (χ2n) is 3.70. The Morgan fingerprint density at radius 3 is 2.54 bits per heavy atom. The molecular formula is C12H15O. The predicted octanol–water partition coefficient (Wildman–Crippen LogP) is 3.25. The topological polar surface area (TPSA) is 20.2 Å². The van der Waals surface area contributed by atoms with Gasteiger partial charge < -0.3 is 5.11 Å². The Morgan fingerprint density at radius 1 is 1.08 bits per heavy atom. The van der Waals surface area contributed by atoms with Crippen molar-refractivity contribution in [2.75, 3.05) is 0 Å². The van der Waals surface area contributed by atoms with Gasteiger partial charge in [-0.3, -0.25) is 0 Å².